The maximum Gasteiger partial charge on any atom is 0.333 e. The zero-order valence-corrected chi connectivity index (χ0v) is 35.8. The number of amides is 6. The summed E-state index contributed by atoms with van der Waals surface area (Å²) < 4.78 is 11.2. The fraction of sp³-hybridized carbons (Fsp3) is 0.444. The molecule has 7 atom stereocenters. The van der Waals surface area contributed by atoms with Crippen LogP contribution in [0.25, 0.3) is 0 Å². The third-order valence-electron chi connectivity index (χ3n) is 11.8. The number of cyclic esters (lactones) is 1. The van der Waals surface area contributed by atoms with E-state index in [2.05, 4.69) is 20.9 Å². The molecule has 18 nitrogen and oxygen atoms in total. The van der Waals surface area contributed by atoms with Crippen LogP contribution in [0.1, 0.15) is 74.1 Å². The number of nitrogens with zero attached hydrogens (tertiary/aromatic N) is 4. The van der Waals surface area contributed by atoms with Crippen LogP contribution < -0.4 is 20.7 Å². The summed E-state index contributed by atoms with van der Waals surface area (Å²) in [6.45, 7) is 4.71. The number of nitrogens with one attached hydrogen (secondary N) is 3. The third-order valence-corrected chi connectivity index (χ3v) is 11.8. The van der Waals surface area contributed by atoms with Crippen molar-refractivity contribution in [2.24, 2.45) is 5.92 Å². The number of pyridine rings is 1. The molecular formula is C45H53N7O11. The molecule has 334 valence electrons. The lowest BCUT2D eigenvalue weighted by molar-refractivity contribution is -0.156. The van der Waals surface area contributed by atoms with Crippen molar-refractivity contribution in [1.29, 1.82) is 0 Å². The Morgan fingerprint density at radius 1 is 0.889 bits per heavy atom. The number of hydrogen-bond acceptors (Lipinski definition) is 12. The first-order chi connectivity index (χ1) is 30.1. The minimum Gasteiger partial charge on any atom is -0.505 e. The average Bonchev–Trinajstić information content (AvgIpc) is 3.77. The van der Waals surface area contributed by atoms with E-state index in [1.165, 1.54) is 78.4 Å². The van der Waals surface area contributed by atoms with E-state index >= 15 is 0 Å². The number of ether oxygens (including phenoxy) is 2. The van der Waals surface area contributed by atoms with E-state index in [9.17, 15) is 43.5 Å². The SMILES string of the molecule is COc1ccc([C@@H]2NC(=O)[C@@H]3CC(=O)CCN3C(=O)[C@H](Cc3ccccc3)N(C)C(=O)[C@@H]3CCCN3C(=O)[C@@H](C(C)C)NC(=O)[C@@H](NC(=O)c3ncccc3O)[C@@H](C)OC2=O)cc1. The number of ketones is 1. The van der Waals surface area contributed by atoms with Gasteiger partial charge in [-0.1, -0.05) is 56.3 Å². The van der Waals surface area contributed by atoms with Crippen LogP contribution in [0.4, 0.5) is 0 Å². The lowest BCUT2D eigenvalue weighted by atomic mass is 9.95. The van der Waals surface area contributed by atoms with Gasteiger partial charge in [0.1, 0.15) is 53.6 Å². The number of Topliss-reactive ketones (excluding diaryl/α,β-unsaturated/α-hetero) is 1. The number of carbonyl (C=O) groups excluding carboxylic acids is 8. The maximum absolute atomic E-state index is 14.9. The molecule has 6 rings (SSSR count). The van der Waals surface area contributed by atoms with Crippen molar-refractivity contribution in [2.75, 3.05) is 27.2 Å². The number of likely N-dealkylation sites (N-methyl/N-ethyl adjacent to an activating group) is 1. The summed E-state index contributed by atoms with van der Waals surface area (Å²) in [6, 6.07) is 9.49. The van der Waals surface area contributed by atoms with E-state index in [0.717, 1.165) is 0 Å². The summed E-state index contributed by atoms with van der Waals surface area (Å²) in [6.07, 6.45) is 0.0463. The van der Waals surface area contributed by atoms with E-state index in [0.29, 0.717) is 17.7 Å². The number of benzene rings is 2. The molecule has 0 saturated carbocycles. The fourth-order valence-corrected chi connectivity index (χ4v) is 8.17. The van der Waals surface area contributed by atoms with Crippen molar-refractivity contribution in [3.8, 4) is 11.5 Å². The Bertz CT molecular complexity index is 2220. The highest BCUT2D eigenvalue weighted by molar-refractivity contribution is 6.01. The number of methoxy groups -OCH3 is 1. The zero-order valence-electron chi connectivity index (χ0n) is 35.8. The number of aromatic hydroxyl groups is 1. The van der Waals surface area contributed by atoms with Crippen molar-refractivity contribution in [1.82, 2.24) is 35.6 Å². The Morgan fingerprint density at radius 2 is 1.59 bits per heavy atom. The number of rotatable bonds is 7. The molecule has 0 radical (unpaired) electrons. The van der Waals surface area contributed by atoms with Crippen molar-refractivity contribution in [3.05, 3.63) is 89.7 Å². The highest BCUT2D eigenvalue weighted by atomic mass is 16.5. The molecule has 63 heavy (non-hydrogen) atoms. The minimum absolute atomic E-state index is 0.0358. The molecule has 4 heterocycles. The van der Waals surface area contributed by atoms with Crippen LogP contribution in [-0.2, 0) is 44.7 Å². The van der Waals surface area contributed by atoms with Gasteiger partial charge in [0.2, 0.25) is 29.5 Å². The van der Waals surface area contributed by atoms with Gasteiger partial charge in [0.15, 0.2) is 11.7 Å². The number of aromatic nitrogens is 1. The van der Waals surface area contributed by atoms with Gasteiger partial charge in [0.05, 0.1) is 7.11 Å². The fourth-order valence-electron chi connectivity index (χ4n) is 8.17. The summed E-state index contributed by atoms with van der Waals surface area (Å²) >= 11 is 0. The number of hydrogen-bond donors (Lipinski definition) is 4. The molecule has 1 aromatic heterocycles. The van der Waals surface area contributed by atoms with E-state index < -0.39 is 101 Å². The van der Waals surface area contributed by atoms with Crippen LogP contribution in [0.2, 0.25) is 0 Å². The summed E-state index contributed by atoms with van der Waals surface area (Å²) in [7, 11) is 2.91. The van der Waals surface area contributed by atoms with Crippen LogP contribution in [0.3, 0.4) is 0 Å². The van der Waals surface area contributed by atoms with Gasteiger partial charge in [-0.2, -0.15) is 0 Å². The number of fused-ring (bicyclic) bond motifs is 2. The molecule has 3 aliphatic heterocycles. The average molecular weight is 868 g/mol. The highest BCUT2D eigenvalue weighted by Crippen LogP contribution is 2.27. The first-order valence-corrected chi connectivity index (χ1v) is 20.9. The van der Waals surface area contributed by atoms with Crippen LogP contribution in [0.5, 0.6) is 11.5 Å². The number of carbonyl (C=O) groups is 8. The quantitative estimate of drug-likeness (QED) is 0.247. The van der Waals surface area contributed by atoms with Gasteiger partial charge in [0.25, 0.3) is 5.91 Å². The highest BCUT2D eigenvalue weighted by Gasteiger charge is 2.46. The molecule has 3 fully saturated rings. The topological polar surface area (TPSA) is 234 Å². The molecule has 3 saturated heterocycles. The van der Waals surface area contributed by atoms with Gasteiger partial charge in [-0.25, -0.2) is 9.78 Å². The second-order valence-electron chi connectivity index (χ2n) is 16.3. The van der Waals surface area contributed by atoms with Crippen molar-refractivity contribution in [3.63, 3.8) is 0 Å². The Balaban J connectivity index is 1.46. The Kier molecular flexibility index (Phi) is 14.4. The van der Waals surface area contributed by atoms with Crippen molar-refractivity contribution >= 4 is 47.2 Å². The molecule has 0 spiro atoms. The van der Waals surface area contributed by atoms with E-state index in [1.54, 1.807) is 44.2 Å². The molecule has 18 heteroatoms. The maximum atomic E-state index is 14.9. The van der Waals surface area contributed by atoms with Crippen LogP contribution in [0, 0.1) is 5.92 Å². The van der Waals surface area contributed by atoms with Crippen LogP contribution in [0.15, 0.2) is 72.9 Å². The first kappa shape index (κ1) is 45.7. The number of esters is 1. The van der Waals surface area contributed by atoms with Gasteiger partial charge in [0, 0.05) is 45.6 Å². The van der Waals surface area contributed by atoms with E-state index in [-0.39, 0.29) is 50.1 Å². The molecule has 0 unspecified atom stereocenters. The van der Waals surface area contributed by atoms with E-state index in [4.69, 9.17) is 9.47 Å². The summed E-state index contributed by atoms with van der Waals surface area (Å²) in [5.41, 5.74) is 0.476. The van der Waals surface area contributed by atoms with Crippen LogP contribution in [-0.4, -0.2) is 136 Å². The summed E-state index contributed by atoms with van der Waals surface area (Å²) in [5.74, 6) is -6.58. The number of piperidine rings is 1. The smallest absolute Gasteiger partial charge is 0.333 e. The van der Waals surface area contributed by atoms with Crippen molar-refractivity contribution < 1.29 is 52.9 Å². The summed E-state index contributed by atoms with van der Waals surface area (Å²) in [5, 5.41) is 18.3. The third kappa shape index (κ3) is 10.3. The predicted molar refractivity (Wildman–Crippen MR) is 225 cm³/mol. The molecule has 3 aromatic rings. The Morgan fingerprint density at radius 3 is 2.25 bits per heavy atom. The predicted octanol–water partition coefficient (Wildman–Crippen LogP) is 1.46. The molecule has 0 bridgehead atoms. The van der Waals surface area contributed by atoms with Crippen molar-refractivity contribution in [2.45, 2.75) is 95.2 Å². The van der Waals surface area contributed by atoms with Gasteiger partial charge in [-0.15, -0.1) is 0 Å². The van der Waals surface area contributed by atoms with E-state index in [1.807, 2.05) is 0 Å². The second kappa shape index (κ2) is 19.9. The lowest BCUT2D eigenvalue weighted by Crippen LogP contribution is -2.62. The molecule has 0 aliphatic carbocycles. The zero-order chi connectivity index (χ0) is 45.5. The Labute approximate surface area is 364 Å². The van der Waals surface area contributed by atoms with Gasteiger partial charge in [-0.3, -0.25) is 33.6 Å². The molecule has 2 aromatic carbocycles. The van der Waals surface area contributed by atoms with Gasteiger partial charge >= 0.3 is 5.97 Å². The molecule has 6 amide bonds. The molecule has 4 N–H and O–H groups in total. The first-order valence-electron chi connectivity index (χ1n) is 20.9. The normalized spacial score (nSPS) is 25.5. The van der Waals surface area contributed by atoms with Crippen LogP contribution >= 0.6 is 0 Å². The monoisotopic (exact) mass is 867 g/mol. The second-order valence-corrected chi connectivity index (χ2v) is 16.3. The van der Waals surface area contributed by atoms with Gasteiger partial charge in [-0.05, 0) is 61.1 Å². The standard InChI is InChI=1S/C45H53N7O11/c1-25(2)35-44(60)51-21-10-13-31(51)42(58)50(4)33(23-27-11-7-6-8-12-27)43(59)52-22-19-29(53)24-32(52)39(55)49-37(28-15-17-30(62-5)18-16-28)45(61)63-26(3)36(40(56)47-35)48-41(57)38-34(54)14-9-20-46-38/h6-9,11-12,14-18,20,25-26,31-33,35-37,54H,10,13,19,21-24H2,1-5H3,(H,47,56)(H,48,57)(H,49,55)/t26-,31+,32+,33+,35-,36+,37+/m1/s1. The van der Waals surface area contributed by atoms with Gasteiger partial charge < -0.3 is 45.2 Å². The minimum atomic E-state index is -1.71. The Hall–Kier alpha value is -6.85. The molecular weight excluding hydrogens is 815 g/mol. The summed E-state index contributed by atoms with van der Waals surface area (Å²) in [4.78, 5) is 122. The molecule has 3 aliphatic rings. The lowest BCUT2D eigenvalue weighted by Gasteiger charge is -2.40. The largest absolute Gasteiger partial charge is 0.505 e.